The molecule has 0 bridgehead atoms. The van der Waals surface area contributed by atoms with E-state index in [9.17, 15) is 4.79 Å². The second kappa shape index (κ2) is 7.87. The van der Waals surface area contributed by atoms with Crippen LogP contribution in [-0.2, 0) is 6.54 Å². The molecular weight excluding hydrogens is 312 g/mol. The zero-order valence-corrected chi connectivity index (χ0v) is 15.5. The molecule has 0 aliphatic carbocycles. The molecule has 1 aromatic carbocycles. The van der Waals surface area contributed by atoms with Gasteiger partial charge in [-0.05, 0) is 70.8 Å². The van der Waals surface area contributed by atoms with Gasteiger partial charge in [0.1, 0.15) is 11.5 Å². The molecule has 1 aliphatic rings. The Morgan fingerprint density at radius 3 is 2.60 bits per heavy atom. The Kier molecular flexibility index (Phi) is 5.59. The molecule has 0 atom stereocenters. The number of furan rings is 1. The Labute approximate surface area is 150 Å². The lowest BCUT2D eigenvalue weighted by Gasteiger charge is -2.31. The molecule has 2 aromatic rings. The standard InChI is InChI=1S/C21H28N2O2/c1-15-5-4-6-19(11-15)21(24)22-13-18-7-9-23(10-8-18)14-20-12-16(2)25-17(20)3/h4-6,11-12,18H,7-10,13-14H2,1-3H3,(H,22,24). The average Bonchev–Trinajstić information content (AvgIpc) is 2.91. The van der Waals surface area contributed by atoms with Crippen LogP contribution in [0.5, 0.6) is 0 Å². The van der Waals surface area contributed by atoms with Crippen molar-refractivity contribution in [2.24, 2.45) is 5.92 Å². The molecule has 134 valence electrons. The molecule has 1 aromatic heterocycles. The molecule has 0 radical (unpaired) electrons. The van der Waals surface area contributed by atoms with Crippen molar-refractivity contribution < 1.29 is 9.21 Å². The summed E-state index contributed by atoms with van der Waals surface area (Å²) >= 11 is 0. The highest BCUT2D eigenvalue weighted by Crippen LogP contribution is 2.21. The minimum absolute atomic E-state index is 0.0376. The SMILES string of the molecule is Cc1cccc(C(=O)NCC2CCN(Cc3cc(C)oc3C)CC2)c1. The monoisotopic (exact) mass is 340 g/mol. The predicted octanol–water partition coefficient (Wildman–Crippen LogP) is 3.85. The lowest BCUT2D eigenvalue weighted by molar-refractivity contribution is 0.0935. The number of hydrogen-bond donors (Lipinski definition) is 1. The summed E-state index contributed by atoms with van der Waals surface area (Å²) in [6.07, 6.45) is 2.26. The Hall–Kier alpha value is -2.07. The van der Waals surface area contributed by atoms with Crippen molar-refractivity contribution in [3.8, 4) is 0 Å². The number of rotatable bonds is 5. The zero-order chi connectivity index (χ0) is 17.8. The van der Waals surface area contributed by atoms with Crippen molar-refractivity contribution in [3.05, 3.63) is 58.5 Å². The topological polar surface area (TPSA) is 45.5 Å². The van der Waals surface area contributed by atoms with Gasteiger partial charge in [0.15, 0.2) is 0 Å². The fourth-order valence-corrected chi connectivity index (χ4v) is 3.56. The number of piperidine rings is 1. The molecule has 1 saturated heterocycles. The van der Waals surface area contributed by atoms with Crippen molar-refractivity contribution in [1.82, 2.24) is 10.2 Å². The van der Waals surface area contributed by atoms with E-state index >= 15 is 0 Å². The fraction of sp³-hybridized carbons (Fsp3) is 0.476. The summed E-state index contributed by atoms with van der Waals surface area (Å²) < 4.78 is 5.62. The first kappa shape index (κ1) is 17.7. The zero-order valence-electron chi connectivity index (χ0n) is 15.5. The van der Waals surface area contributed by atoms with Crippen LogP contribution in [0.1, 0.15) is 45.8 Å². The van der Waals surface area contributed by atoms with Gasteiger partial charge < -0.3 is 9.73 Å². The van der Waals surface area contributed by atoms with Crippen molar-refractivity contribution in [2.75, 3.05) is 19.6 Å². The molecule has 0 spiro atoms. The van der Waals surface area contributed by atoms with Crippen LogP contribution in [0.3, 0.4) is 0 Å². The van der Waals surface area contributed by atoms with Crippen LogP contribution in [0.4, 0.5) is 0 Å². The highest BCUT2D eigenvalue weighted by molar-refractivity contribution is 5.94. The Morgan fingerprint density at radius 1 is 1.20 bits per heavy atom. The number of aryl methyl sites for hydroxylation is 3. The van der Waals surface area contributed by atoms with Gasteiger partial charge in [-0.3, -0.25) is 9.69 Å². The average molecular weight is 340 g/mol. The maximum absolute atomic E-state index is 12.3. The summed E-state index contributed by atoms with van der Waals surface area (Å²) in [4.78, 5) is 14.7. The smallest absolute Gasteiger partial charge is 0.251 e. The van der Waals surface area contributed by atoms with Crippen molar-refractivity contribution in [2.45, 2.75) is 40.2 Å². The quantitative estimate of drug-likeness (QED) is 0.899. The summed E-state index contributed by atoms with van der Waals surface area (Å²) in [5.41, 5.74) is 3.16. The van der Waals surface area contributed by atoms with E-state index in [0.29, 0.717) is 5.92 Å². The Morgan fingerprint density at radius 2 is 1.96 bits per heavy atom. The summed E-state index contributed by atoms with van der Waals surface area (Å²) in [6.45, 7) is 9.94. The van der Waals surface area contributed by atoms with Gasteiger partial charge in [0.05, 0.1) is 0 Å². The lowest BCUT2D eigenvalue weighted by Crippen LogP contribution is -2.38. The van der Waals surface area contributed by atoms with Gasteiger partial charge in [0.25, 0.3) is 5.91 Å². The van der Waals surface area contributed by atoms with Gasteiger partial charge in [0.2, 0.25) is 0 Å². The number of benzene rings is 1. The molecule has 3 rings (SSSR count). The molecule has 2 heterocycles. The van der Waals surface area contributed by atoms with Crippen molar-refractivity contribution >= 4 is 5.91 Å². The number of nitrogens with zero attached hydrogens (tertiary/aromatic N) is 1. The second-order valence-electron chi connectivity index (χ2n) is 7.24. The van der Waals surface area contributed by atoms with Crippen LogP contribution < -0.4 is 5.32 Å². The molecule has 0 saturated carbocycles. The normalized spacial score (nSPS) is 16.1. The predicted molar refractivity (Wildman–Crippen MR) is 99.7 cm³/mol. The number of nitrogens with one attached hydrogen (secondary N) is 1. The first-order valence-electron chi connectivity index (χ1n) is 9.14. The number of hydrogen-bond acceptors (Lipinski definition) is 3. The van der Waals surface area contributed by atoms with E-state index in [4.69, 9.17) is 4.42 Å². The maximum atomic E-state index is 12.3. The summed E-state index contributed by atoms with van der Waals surface area (Å²) in [7, 11) is 0. The molecule has 1 aliphatic heterocycles. The lowest BCUT2D eigenvalue weighted by atomic mass is 9.96. The molecule has 1 fully saturated rings. The van der Waals surface area contributed by atoms with Crippen molar-refractivity contribution in [1.29, 1.82) is 0 Å². The van der Waals surface area contributed by atoms with Gasteiger partial charge in [-0.1, -0.05) is 17.7 Å². The highest BCUT2D eigenvalue weighted by Gasteiger charge is 2.21. The Bertz CT molecular complexity index is 727. The maximum Gasteiger partial charge on any atom is 0.251 e. The van der Waals surface area contributed by atoms with Crippen LogP contribution in [-0.4, -0.2) is 30.4 Å². The molecule has 1 amide bonds. The van der Waals surface area contributed by atoms with Crippen LogP contribution in [0, 0.1) is 26.7 Å². The highest BCUT2D eigenvalue weighted by atomic mass is 16.3. The third-order valence-corrected chi connectivity index (χ3v) is 5.08. The number of likely N-dealkylation sites (tertiary alicyclic amines) is 1. The minimum atomic E-state index is 0.0376. The van der Waals surface area contributed by atoms with E-state index < -0.39 is 0 Å². The second-order valence-corrected chi connectivity index (χ2v) is 7.24. The van der Waals surface area contributed by atoms with Gasteiger partial charge in [-0.25, -0.2) is 0 Å². The van der Waals surface area contributed by atoms with E-state index in [1.54, 1.807) is 0 Å². The third kappa shape index (κ3) is 4.73. The van der Waals surface area contributed by atoms with E-state index in [-0.39, 0.29) is 5.91 Å². The van der Waals surface area contributed by atoms with Crippen LogP contribution in [0.25, 0.3) is 0 Å². The molecular formula is C21H28N2O2. The summed E-state index contributed by atoms with van der Waals surface area (Å²) in [6, 6.07) is 9.90. The van der Waals surface area contributed by atoms with E-state index in [1.807, 2.05) is 45.0 Å². The Balaban J connectivity index is 1.43. The van der Waals surface area contributed by atoms with Crippen LogP contribution in [0.15, 0.2) is 34.7 Å². The number of amides is 1. The van der Waals surface area contributed by atoms with Gasteiger partial charge >= 0.3 is 0 Å². The van der Waals surface area contributed by atoms with Gasteiger partial charge in [-0.2, -0.15) is 0 Å². The minimum Gasteiger partial charge on any atom is -0.466 e. The molecule has 4 nitrogen and oxygen atoms in total. The largest absolute Gasteiger partial charge is 0.466 e. The first-order chi connectivity index (χ1) is 12.0. The first-order valence-corrected chi connectivity index (χ1v) is 9.14. The van der Waals surface area contributed by atoms with Gasteiger partial charge in [0, 0.05) is 24.2 Å². The van der Waals surface area contributed by atoms with E-state index in [1.165, 1.54) is 5.56 Å². The molecule has 4 heteroatoms. The molecule has 1 N–H and O–H groups in total. The third-order valence-electron chi connectivity index (χ3n) is 5.08. The van der Waals surface area contributed by atoms with Gasteiger partial charge in [-0.15, -0.1) is 0 Å². The van der Waals surface area contributed by atoms with E-state index in [0.717, 1.165) is 61.7 Å². The van der Waals surface area contributed by atoms with Crippen LogP contribution in [0.2, 0.25) is 0 Å². The number of carbonyl (C=O) groups excluding carboxylic acids is 1. The molecule has 0 unspecified atom stereocenters. The fourth-order valence-electron chi connectivity index (χ4n) is 3.56. The summed E-state index contributed by atoms with van der Waals surface area (Å²) in [5.74, 6) is 2.62. The molecule has 25 heavy (non-hydrogen) atoms. The van der Waals surface area contributed by atoms with E-state index in [2.05, 4.69) is 16.3 Å². The van der Waals surface area contributed by atoms with Crippen molar-refractivity contribution in [3.63, 3.8) is 0 Å². The number of carbonyl (C=O) groups is 1. The summed E-state index contributed by atoms with van der Waals surface area (Å²) in [5, 5.41) is 3.10. The van der Waals surface area contributed by atoms with Crippen LogP contribution >= 0.6 is 0 Å².